The van der Waals surface area contributed by atoms with Crippen LogP contribution in [0.2, 0.25) is 0 Å². The first-order valence-electron chi connectivity index (χ1n) is 6.17. The Morgan fingerprint density at radius 1 is 1.37 bits per heavy atom. The molecule has 1 amide bonds. The maximum absolute atomic E-state index is 13.1. The fourth-order valence-corrected chi connectivity index (χ4v) is 2.20. The van der Waals surface area contributed by atoms with Gasteiger partial charge in [-0.05, 0) is 25.2 Å². The van der Waals surface area contributed by atoms with Gasteiger partial charge in [-0.25, -0.2) is 8.78 Å². The average molecular weight is 269 g/mol. The van der Waals surface area contributed by atoms with E-state index in [0.29, 0.717) is 19.6 Å². The van der Waals surface area contributed by atoms with E-state index in [4.69, 9.17) is 5.73 Å². The van der Waals surface area contributed by atoms with Crippen molar-refractivity contribution < 1.29 is 13.6 Å². The van der Waals surface area contributed by atoms with Gasteiger partial charge in [-0.1, -0.05) is 0 Å². The van der Waals surface area contributed by atoms with Crippen LogP contribution in [0.25, 0.3) is 0 Å². The number of likely N-dealkylation sites (N-methyl/N-ethyl adjacent to an activating group) is 1. The molecule has 1 atom stereocenters. The SMILES string of the molecule is CN1CCN(C(=O)c2ccc(F)c(F)c2)CC1CN. The molecule has 4 nitrogen and oxygen atoms in total. The lowest BCUT2D eigenvalue weighted by Crippen LogP contribution is -2.55. The molecule has 19 heavy (non-hydrogen) atoms. The van der Waals surface area contributed by atoms with Gasteiger partial charge in [0, 0.05) is 37.8 Å². The van der Waals surface area contributed by atoms with E-state index in [1.165, 1.54) is 6.07 Å². The van der Waals surface area contributed by atoms with Gasteiger partial charge in [0.2, 0.25) is 0 Å². The quantitative estimate of drug-likeness (QED) is 0.859. The second-order valence-corrected chi connectivity index (χ2v) is 4.75. The van der Waals surface area contributed by atoms with Gasteiger partial charge in [0.25, 0.3) is 5.91 Å². The summed E-state index contributed by atoms with van der Waals surface area (Å²) in [7, 11) is 1.96. The molecule has 2 rings (SSSR count). The molecule has 1 aromatic rings. The summed E-state index contributed by atoms with van der Waals surface area (Å²) in [5.41, 5.74) is 5.82. The Bertz CT molecular complexity index is 481. The minimum absolute atomic E-state index is 0.1000. The first kappa shape index (κ1) is 13.9. The minimum atomic E-state index is -1.00. The van der Waals surface area contributed by atoms with Crippen LogP contribution in [0, 0.1) is 11.6 Å². The van der Waals surface area contributed by atoms with Gasteiger partial charge in [-0.3, -0.25) is 9.69 Å². The van der Waals surface area contributed by atoms with Crippen molar-refractivity contribution in [2.45, 2.75) is 6.04 Å². The molecule has 0 radical (unpaired) electrons. The minimum Gasteiger partial charge on any atom is -0.336 e. The van der Waals surface area contributed by atoms with Gasteiger partial charge in [-0.15, -0.1) is 0 Å². The van der Waals surface area contributed by atoms with Gasteiger partial charge >= 0.3 is 0 Å². The van der Waals surface area contributed by atoms with Crippen LogP contribution in [0.3, 0.4) is 0 Å². The maximum atomic E-state index is 13.1. The Hall–Kier alpha value is -1.53. The summed E-state index contributed by atoms with van der Waals surface area (Å²) in [5.74, 6) is -2.24. The highest BCUT2D eigenvalue weighted by atomic mass is 19.2. The van der Waals surface area contributed by atoms with E-state index < -0.39 is 11.6 Å². The normalized spacial score (nSPS) is 20.6. The summed E-state index contributed by atoms with van der Waals surface area (Å²) in [5, 5.41) is 0. The zero-order chi connectivity index (χ0) is 14.0. The number of amides is 1. The summed E-state index contributed by atoms with van der Waals surface area (Å²) < 4.78 is 26.0. The smallest absolute Gasteiger partial charge is 0.254 e. The van der Waals surface area contributed by atoms with E-state index in [2.05, 4.69) is 4.90 Å². The number of carbonyl (C=O) groups excluding carboxylic acids is 1. The summed E-state index contributed by atoms with van der Waals surface area (Å²) >= 11 is 0. The molecule has 0 aromatic heterocycles. The van der Waals surface area contributed by atoms with Crippen LogP contribution in [0.4, 0.5) is 8.78 Å². The molecule has 0 spiro atoms. The van der Waals surface area contributed by atoms with Gasteiger partial charge < -0.3 is 10.6 Å². The topological polar surface area (TPSA) is 49.6 Å². The molecule has 1 fully saturated rings. The van der Waals surface area contributed by atoms with Gasteiger partial charge in [0.05, 0.1) is 0 Å². The first-order chi connectivity index (χ1) is 9.02. The molecule has 1 aliphatic heterocycles. The van der Waals surface area contributed by atoms with Crippen LogP contribution >= 0.6 is 0 Å². The fraction of sp³-hybridized carbons (Fsp3) is 0.462. The molecule has 1 saturated heterocycles. The Labute approximate surface area is 110 Å². The third-order valence-corrected chi connectivity index (χ3v) is 3.50. The molecule has 0 bridgehead atoms. The number of nitrogens with two attached hydrogens (primary N) is 1. The van der Waals surface area contributed by atoms with Crippen molar-refractivity contribution >= 4 is 5.91 Å². The van der Waals surface area contributed by atoms with Gasteiger partial charge in [-0.2, -0.15) is 0 Å². The predicted octanol–water partition coefficient (Wildman–Crippen LogP) is 0.680. The highest BCUT2D eigenvalue weighted by Gasteiger charge is 2.27. The number of halogens is 2. The highest BCUT2D eigenvalue weighted by Crippen LogP contribution is 2.14. The van der Waals surface area contributed by atoms with Crippen LogP contribution in [0.1, 0.15) is 10.4 Å². The maximum Gasteiger partial charge on any atom is 0.254 e. The number of carbonyl (C=O) groups is 1. The van der Waals surface area contributed by atoms with Gasteiger partial charge in [0.15, 0.2) is 11.6 Å². The Kier molecular flexibility index (Phi) is 4.11. The molecule has 1 aromatic carbocycles. The van der Waals surface area contributed by atoms with Crippen molar-refractivity contribution in [2.75, 3.05) is 33.2 Å². The highest BCUT2D eigenvalue weighted by molar-refractivity contribution is 5.94. The number of rotatable bonds is 2. The van der Waals surface area contributed by atoms with Gasteiger partial charge in [0.1, 0.15) is 0 Å². The van der Waals surface area contributed by atoms with E-state index in [1.807, 2.05) is 7.05 Å². The Morgan fingerprint density at radius 3 is 2.74 bits per heavy atom. The number of nitrogens with zero attached hydrogens (tertiary/aromatic N) is 2. The molecule has 0 aliphatic carbocycles. The second-order valence-electron chi connectivity index (χ2n) is 4.75. The van der Waals surface area contributed by atoms with E-state index >= 15 is 0 Å². The molecule has 0 saturated carbocycles. The molecule has 1 aliphatic rings. The Balaban J connectivity index is 2.13. The third-order valence-electron chi connectivity index (χ3n) is 3.50. The second kappa shape index (κ2) is 5.63. The average Bonchev–Trinajstić information content (AvgIpc) is 2.41. The number of hydrogen-bond acceptors (Lipinski definition) is 3. The zero-order valence-corrected chi connectivity index (χ0v) is 10.8. The molecular formula is C13H17F2N3O. The molecule has 2 N–H and O–H groups in total. The zero-order valence-electron chi connectivity index (χ0n) is 10.8. The molecular weight excluding hydrogens is 252 g/mol. The van der Waals surface area contributed by atoms with Crippen LogP contribution in [-0.2, 0) is 0 Å². The van der Waals surface area contributed by atoms with Crippen LogP contribution < -0.4 is 5.73 Å². The third kappa shape index (κ3) is 2.90. The lowest BCUT2D eigenvalue weighted by atomic mass is 10.1. The van der Waals surface area contributed by atoms with E-state index in [1.54, 1.807) is 4.90 Å². The van der Waals surface area contributed by atoms with Crippen LogP contribution in [-0.4, -0.2) is 55.0 Å². The lowest BCUT2D eigenvalue weighted by Gasteiger charge is -2.38. The predicted molar refractivity (Wildman–Crippen MR) is 67.7 cm³/mol. The first-order valence-corrected chi connectivity index (χ1v) is 6.17. The van der Waals surface area contributed by atoms with E-state index in [9.17, 15) is 13.6 Å². The number of hydrogen-bond donors (Lipinski definition) is 1. The summed E-state index contributed by atoms with van der Waals surface area (Å²) in [6.07, 6.45) is 0. The summed E-state index contributed by atoms with van der Waals surface area (Å²) in [6, 6.07) is 3.31. The van der Waals surface area contributed by atoms with Crippen molar-refractivity contribution in [1.29, 1.82) is 0 Å². The van der Waals surface area contributed by atoms with Crippen molar-refractivity contribution in [2.24, 2.45) is 5.73 Å². The summed E-state index contributed by atoms with van der Waals surface area (Å²) in [6.45, 7) is 2.24. The standard InChI is InChI=1S/C13H17F2N3O/c1-17-4-5-18(8-10(17)7-16)13(19)9-2-3-11(14)12(15)6-9/h2-3,6,10H,4-5,7-8,16H2,1H3. The molecule has 1 heterocycles. The lowest BCUT2D eigenvalue weighted by molar-refractivity contribution is 0.0559. The van der Waals surface area contributed by atoms with Crippen molar-refractivity contribution in [3.63, 3.8) is 0 Å². The van der Waals surface area contributed by atoms with E-state index in [-0.39, 0.29) is 17.5 Å². The number of piperazine rings is 1. The molecule has 1 unspecified atom stereocenters. The van der Waals surface area contributed by atoms with E-state index in [0.717, 1.165) is 18.7 Å². The van der Waals surface area contributed by atoms with Crippen molar-refractivity contribution in [1.82, 2.24) is 9.80 Å². The van der Waals surface area contributed by atoms with Crippen LogP contribution in [0.15, 0.2) is 18.2 Å². The molecule has 6 heteroatoms. The van der Waals surface area contributed by atoms with Crippen molar-refractivity contribution in [3.05, 3.63) is 35.4 Å². The Morgan fingerprint density at radius 2 is 2.11 bits per heavy atom. The largest absolute Gasteiger partial charge is 0.336 e. The van der Waals surface area contributed by atoms with Crippen LogP contribution in [0.5, 0.6) is 0 Å². The molecule has 104 valence electrons. The monoisotopic (exact) mass is 269 g/mol. The van der Waals surface area contributed by atoms with Crippen molar-refractivity contribution in [3.8, 4) is 0 Å². The fourth-order valence-electron chi connectivity index (χ4n) is 2.20. The summed E-state index contributed by atoms with van der Waals surface area (Å²) in [4.78, 5) is 15.9. The number of benzene rings is 1.